The predicted molar refractivity (Wildman–Crippen MR) is 117 cm³/mol. The van der Waals surface area contributed by atoms with Gasteiger partial charge in [-0.15, -0.1) is 11.3 Å². The van der Waals surface area contributed by atoms with Crippen LogP contribution in [0.15, 0.2) is 35.8 Å². The van der Waals surface area contributed by atoms with Crippen LogP contribution in [0.1, 0.15) is 29.0 Å². The number of halogens is 1. The Morgan fingerprint density at radius 2 is 1.97 bits per heavy atom. The summed E-state index contributed by atoms with van der Waals surface area (Å²) in [5.74, 6) is -0.0793. The summed E-state index contributed by atoms with van der Waals surface area (Å²) in [6, 6.07) is 7.35. The second-order valence-corrected chi connectivity index (χ2v) is 9.00. The van der Waals surface area contributed by atoms with Gasteiger partial charge >= 0.3 is 0 Å². The lowest BCUT2D eigenvalue weighted by atomic mass is 10.0. The first-order chi connectivity index (χ1) is 14.6. The molecule has 6 nitrogen and oxygen atoms in total. The molecule has 1 unspecified atom stereocenters. The standard InChI is InChI=1S/C22H26FN5OS/c1-16-20(28-13-14-30-22(28)24-16)21(29)27-8-4-5-17(15-27)25-9-11-26(12-10-25)19-7-3-2-6-18(19)23/h2-3,6-7,13-14,17H,4-5,8-12,15H2,1H3. The highest BCUT2D eigenvalue weighted by atomic mass is 32.1. The number of carbonyl (C=O) groups excluding carboxylic acids is 1. The van der Waals surface area contributed by atoms with Crippen molar-refractivity contribution >= 4 is 27.9 Å². The summed E-state index contributed by atoms with van der Waals surface area (Å²) in [4.78, 5) is 25.3. The van der Waals surface area contributed by atoms with Gasteiger partial charge in [0.15, 0.2) is 4.96 Å². The van der Waals surface area contributed by atoms with E-state index in [-0.39, 0.29) is 11.7 Å². The molecule has 0 radical (unpaired) electrons. The SMILES string of the molecule is Cc1nc2sccn2c1C(=O)N1CCCC(N2CCN(c3ccccc3F)CC2)C1. The molecule has 1 amide bonds. The fourth-order valence-corrected chi connectivity index (χ4v) is 5.53. The number of carbonyl (C=O) groups is 1. The van der Waals surface area contributed by atoms with Gasteiger partial charge in [0, 0.05) is 56.9 Å². The van der Waals surface area contributed by atoms with E-state index < -0.39 is 0 Å². The Balaban J connectivity index is 1.25. The molecule has 2 aliphatic heterocycles. The van der Waals surface area contributed by atoms with Gasteiger partial charge in [-0.25, -0.2) is 9.37 Å². The summed E-state index contributed by atoms with van der Waals surface area (Å²) >= 11 is 1.55. The predicted octanol–water partition coefficient (Wildman–Crippen LogP) is 3.27. The number of likely N-dealkylation sites (tertiary alicyclic amines) is 1. The van der Waals surface area contributed by atoms with Crippen LogP contribution in [0.4, 0.5) is 10.1 Å². The fraction of sp³-hybridized carbons (Fsp3) is 0.455. The number of para-hydroxylation sites is 1. The lowest BCUT2D eigenvalue weighted by Gasteiger charge is -2.44. The van der Waals surface area contributed by atoms with Gasteiger partial charge in [0.25, 0.3) is 5.91 Å². The first kappa shape index (κ1) is 19.5. The van der Waals surface area contributed by atoms with Crippen LogP contribution in [0.3, 0.4) is 0 Å². The summed E-state index contributed by atoms with van der Waals surface area (Å²) < 4.78 is 16.0. The highest BCUT2D eigenvalue weighted by molar-refractivity contribution is 7.15. The quantitative estimate of drug-likeness (QED) is 0.644. The van der Waals surface area contributed by atoms with Crippen molar-refractivity contribution in [2.45, 2.75) is 25.8 Å². The molecule has 0 spiro atoms. The third kappa shape index (κ3) is 3.48. The topological polar surface area (TPSA) is 44.1 Å². The summed E-state index contributed by atoms with van der Waals surface area (Å²) in [6.45, 7) is 6.85. The molecular weight excluding hydrogens is 401 g/mol. The zero-order chi connectivity index (χ0) is 20.7. The molecule has 5 rings (SSSR count). The minimum Gasteiger partial charge on any atom is -0.367 e. The van der Waals surface area contributed by atoms with E-state index in [2.05, 4.69) is 14.8 Å². The maximum Gasteiger partial charge on any atom is 0.272 e. The minimum absolute atomic E-state index is 0.0769. The van der Waals surface area contributed by atoms with Crippen molar-refractivity contribution in [3.63, 3.8) is 0 Å². The number of hydrogen-bond acceptors (Lipinski definition) is 5. The van der Waals surface area contributed by atoms with E-state index in [9.17, 15) is 9.18 Å². The Kier molecular flexibility index (Phi) is 5.20. The molecule has 2 saturated heterocycles. The van der Waals surface area contributed by atoms with E-state index in [0.717, 1.165) is 62.8 Å². The van der Waals surface area contributed by atoms with E-state index in [1.165, 1.54) is 6.07 Å². The number of rotatable bonds is 3. The highest BCUT2D eigenvalue weighted by Crippen LogP contribution is 2.25. The molecule has 0 aliphatic carbocycles. The molecule has 0 N–H and O–H groups in total. The molecule has 2 fully saturated rings. The number of aryl methyl sites for hydroxylation is 1. The van der Waals surface area contributed by atoms with Crippen molar-refractivity contribution in [2.24, 2.45) is 0 Å². The third-order valence-corrected chi connectivity index (χ3v) is 7.10. The molecular formula is C22H26FN5OS. The molecule has 0 saturated carbocycles. The van der Waals surface area contributed by atoms with E-state index >= 15 is 0 Å². The average Bonchev–Trinajstić information content (AvgIpc) is 3.34. The van der Waals surface area contributed by atoms with Gasteiger partial charge in [-0.05, 0) is 31.9 Å². The molecule has 0 bridgehead atoms. The van der Waals surface area contributed by atoms with E-state index in [1.54, 1.807) is 17.4 Å². The van der Waals surface area contributed by atoms with Crippen molar-refractivity contribution in [3.05, 3.63) is 53.0 Å². The van der Waals surface area contributed by atoms with E-state index in [4.69, 9.17) is 0 Å². The number of amides is 1. The normalized spacial score (nSPS) is 20.8. The zero-order valence-electron chi connectivity index (χ0n) is 17.1. The Labute approximate surface area is 179 Å². The smallest absolute Gasteiger partial charge is 0.272 e. The van der Waals surface area contributed by atoms with Gasteiger partial charge in [0.1, 0.15) is 11.5 Å². The number of piperazine rings is 1. The van der Waals surface area contributed by atoms with Crippen LogP contribution in [-0.4, -0.2) is 70.4 Å². The molecule has 8 heteroatoms. The van der Waals surface area contributed by atoms with E-state index in [0.29, 0.717) is 17.4 Å². The van der Waals surface area contributed by atoms with Crippen LogP contribution in [0.5, 0.6) is 0 Å². The van der Waals surface area contributed by atoms with Crippen LogP contribution in [0, 0.1) is 12.7 Å². The molecule has 1 atom stereocenters. The van der Waals surface area contributed by atoms with Gasteiger partial charge in [0.2, 0.25) is 0 Å². The first-order valence-electron chi connectivity index (χ1n) is 10.6. The summed E-state index contributed by atoms with van der Waals surface area (Å²) in [5, 5.41) is 1.96. The van der Waals surface area contributed by atoms with Gasteiger partial charge < -0.3 is 9.80 Å². The third-order valence-electron chi connectivity index (χ3n) is 6.35. The Bertz CT molecular complexity index is 1050. The first-order valence-corrected chi connectivity index (χ1v) is 11.4. The van der Waals surface area contributed by atoms with Crippen LogP contribution in [0.25, 0.3) is 4.96 Å². The number of hydrogen-bond donors (Lipinski definition) is 0. The lowest BCUT2D eigenvalue weighted by molar-refractivity contribution is 0.0556. The van der Waals surface area contributed by atoms with Crippen LogP contribution >= 0.6 is 11.3 Å². The number of thiazole rings is 1. The molecule has 4 heterocycles. The van der Waals surface area contributed by atoms with Crippen LogP contribution in [0.2, 0.25) is 0 Å². The second-order valence-electron chi connectivity index (χ2n) is 8.12. The Hall–Kier alpha value is -2.45. The Morgan fingerprint density at radius 3 is 2.77 bits per heavy atom. The molecule has 2 aliphatic rings. The number of nitrogens with zero attached hydrogens (tertiary/aromatic N) is 5. The number of aromatic nitrogens is 2. The molecule has 2 aromatic heterocycles. The van der Waals surface area contributed by atoms with Crippen molar-refractivity contribution in [3.8, 4) is 0 Å². The zero-order valence-corrected chi connectivity index (χ0v) is 17.9. The maximum absolute atomic E-state index is 14.1. The largest absolute Gasteiger partial charge is 0.367 e. The summed E-state index contributed by atoms with van der Waals surface area (Å²) in [6.07, 6.45) is 4.04. The van der Waals surface area contributed by atoms with Crippen LogP contribution < -0.4 is 4.90 Å². The molecule has 1 aromatic carbocycles. The van der Waals surface area contributed by atoms with Crippen molar-refractivity contribution in [2.75, 3.05) is 44.2 Å². The highest BCUT2D eigenvalue weighted by Gasteiger charge is 2.32. The summed E-state index contributed by atoms with van der Waals surface area (Å²) in [5.41, 5.74) is 2.18. The van der Waals surface area contributed by atoms with Gasteiger partial charge in [-0.2, -0.15) is 0 Å². The van der Waals surface area contributed by atoms with Gasteiger partial charge in [-0.3, -0.25) is 14.1 Å². The second kappa shape index (κ2) is 8.00. The van der Waals surface area contributed by atoms with Crippen molar-refractivity contribution < 1.29 is 9.18 Å². The van der Waals surface area contributed by atoms with Gasteiger partial charge in [-0.1, -0.05) is 12.1 Å². The monoisotopic (exact) mass is 427 g/mol. The average molecular weight is 428 g/mol. The van der Waals surface area contributed by atoms with E-state index in [1.807, 2.05) is 39.9 Å². The van der Waals surface area contributed by atoms with Crippen molar-refractivity contribution in [1.82, 2.24) is 19.2 Å². The molecule has 158 valence electrons. The Morgan fingerprint density at radius 1 is 1.17 bits per heavy atom. The van der Waals surface area contributed by atoms with Crippen molar-refractivity contribution in [1.29, 1.82) is 0 Å². The fourth-order valence-electron chi connectivity index (χ4n) is 4.77. The number of imidazole rings is 1. The maximum atomic E-state index is 14.1. The number of benzene rings is 1. The molecule has 30 heavy (non-hydrogen) atoms. The van der Waals surface area contributed by atoms with Crippen LogP contribution in [-0.2, 0) is 0 Å². The lowest BCUT2D eigenvalue weighted by Crippen LogP contribution is -2.56. The number of piperidine rings is 1. The number of fused-ring (bicyclic) bond motifs is 1. The summed E-state index contributed by atoms with van der Waals surface area (Å²) in [7, 11) is 0. The minimum atomic E-state index is -0.156. The van der Waals surface area contributed by atoms with Gasteiger partial charge in [0.05, 0.1) is 11.4 Å². The number of anilines is 1. The molecule has 3 aromatic rings.